The Bertz CT molecular complexity index is 10200. The molecular weight excluding hydrogens is 1790 g/mol. The highest BCUT2D eigenvalue weighted by molar-refractivity contribution is 6.27. The van der Waals surface area contributed by atoms with Crippen molar-refractivity contribution in [3.8, 4) is 136 Å². The van der Waals surface area contributed by atoms with Crippen LogP contribution in [0.15, 0.2) is 472 Å². The molecule has 147 heavy (non-hydrogen) atoms. The summed E-state index contributed by atoms with van der Waals surface area (Å²) in [5, 5.41) is 28.7. The molecule has 0 aliphatic heterocycles. The lowest BCUT2D eigenvalue weighted by atomic mass is 9.82. The van der Waals surface area contributed by atoms with E-state index in [2.05, 4.69) is 452 Å². The Kier molecular flexibility index (Phi) is 20.1. The zero-order chi connectivity index (χ0) is 97.7. The summed E-state index contributed by atoms with van der Waals surface area (Å²) in [7, 11) is 0. The van der Waals surface area contributed by atoms with Crippen molar-refractivity contribution in [3.63, 3.8) is 0 Å². The van der Waals surface area contributed by atoms with E-state index in [4.69, 9.17) is 49.3 Å². The molecule has 0 saturated heterocycles. The molecule has 0 spiro atoms. The van der Waals surface area contributed by atoms with Crippen molar-refractivity contribution in [2.45, 2.75) is 38.5 Å². The summed E-state index contributed by atoms with van der Waals surface area (Å²) in [6.45, 7) is 9.36. The molecule has 28 aromatic rings. The maximum Gasteiger partial charge on any atom is 0.164 e. The van der Waals surface area contributed by atoms with Crippen molar-refractivity contribution < 1.29 is 4.42 Å². The monoisotopic (exact) mass is 1880 g/mol. The summed E-state index contributed by atoms with van der Waals surface area (Å²) < 4.78 is 6.26. The number of furan rings is 1. The lowest BCUT2D eigenvalue weighted by Crippen LogP contribution is -2.14. The van der Waals surface area contributed by atoms with Crippen LogP contribution in [0.3, 0.4) is 0 Å². The minimum absolute atomic E-state index is 0.0502. The average Bonchev–Trinajstić information content (AvgIpc) is 1.56. The van der Waals surface area contributed by atoms with E-state index in [9.17, 15) is 0 Å². The second-order valence-electron chi connectivity index (χ2n) is 39.8. The fraction of sp³-hybridized carbons (Fsp3) is 0.0438. The zero-order valence-electron chi connectivity index (χ0n) is 80.9. The number of fused-ring (bicyclic) bond motifs is 26. The van der Waals surface area contributed by atoms with E-state index in [1.165, 1.54) is 136 Å². The van der Waals surface area contributed by atoms with E-state index in [1.54, 1.807) is 0 Å². The summed E-state index contributed by atoms with van der Waals surface area (Å²) >= 11 is 0. The molecule has 0 amide bonds. The molecule has 0 bridgehead atoms. The quantitative estimate of drug-likeness (QED) is 0.122. The van der Waals surface area contributed by atoms with Crippen molar-refractivity contribution in [2.75, 3.05) is 0 Å². The summed E-state index contributed by atoms with van der Waals surface area (Å²) in [5.74, 6) is 5.91. The fourth-order valence-corrected chi connectivity index (χ4v) is 22.8. The number of hydrogen-bond donors (Lipinski definition) is 0. The van der Waals surface area contributed by atoms with Gasteiger partial charge >= 0.3 is 0 Å². The minimum Gasteiger partial charge on any atom is -0.456 e. The van der Waals surface area contributed by atoms with Crippen molar-refractivity contribution in [1.29, 1.82) is 0 Å². The van der Waals surface area contributed by atoms with Gasteiger partial charge in [-0.05, 0) is 229 Å². The van der Waals surface area contributed by atoms with E-state index in [0.29, 0.717) is 52.4 Å². The zero-order valence-corrected chi connectivity index (χ0v) is 80.9. The van der Waals surface area contributed by atoms with Crippen LogP contribution in [0.2, 0.25) is 0 Å². The van der Waals surface area contributed by atoms with E-state index >= 15 is 0 Å². The van der Waals surface area contributed by atoms with Crippen LogP contribution in [-0.2, 0) is 10.8 Å². The maximum absolute atomic E-state index is 6.26. The Labute approximate surface area is 847 Å². The van der Waals surface area contributed by atoms with Gasteiger partial charge in [0.15, 0.2) is 52.4 Å². The van der Waals surface area contributed by atoms with Crippen LogP contribution < -0.4 is 0 Å². The average molecular weight is 1880 g/mol. The summed E-state index contributed by atoms with van der Waals surface area (Å²) in [5.41, 5.74) is 23.5. The molecule has 24 aromatic carbocycles. The first kappa shape index (κ1) is 85.9. The van der Waals surface area contributed by atoms with Crippen LogP contribution in [0, 0.1) is 0 Å². The number of hydrogen-bond acceptors (Lipinski definition) is 10. The molecule has 0 atom stereocenters. The molecule has 30 rings (SSSR count). The van der Waals surface area contributed by atoms with Crippen LogP contribution >= 0.6 is 0 Å². The molecule has 2 aliphatic carbocycles. The Morgan fingerprint density at radius 3 is 0.857 bits per heavy atom. The molecule has 0 fully saturated rings. The first-order valence-electron chi connectivity index (χ1n) is 50.2. The summed E-state index contributed by atoms with van der Waals surface area (Å²) in [6.07, 6.45) is 0. The third-order valence-electron chi connectivity index (χ3n) is 30.4. The third kappa shape index (κ3) is 14.9. The van der Waals surface area contributed by atoms with Gasteiger partial charge in [-0.25, -0.2) is 44.9 Å². The van der Waals surface area contributed by atoms with E-state index < -0.39 is 0 Å². The second-order valence-corrected chi connectivity index (χ2v) is 39.8. The molecule has 0 radical (unpaired) electrons. The summed E-state index contributed by atoms with van der Waals surface area (Å²) in [6, 6.07) is 166. The Balaban J connectivity index is 0.000000107. The highest BCUT2D eigenvalue weighted by Gasteiger charge is 2.39. The standard InChI is InChI=1S/2C46H31N3.C45H27N3O/c1-46(2)39-14-8-7-13-37(39)42-40(46)24-23-31-19-17-30-18-22-36(27-38(30)41(31)42)45-48-43(34-20-15-28-9-3-5-11-32(28)25-34)47-44(49-45)35-21-16-29-10-4-6-12-33(29)26-35;1-46(2)39-14-8-7-13-38(39)42-40(46)24-22-30-17-18-33-27-36(21-23-37(33)41(30)42)45-48-43(34-19-15-28-9-3-5-11-31(28)25-34)47-44(49-45)35-20-16-29-10-4-6-12-32(29)26-35;1-2-9-32(10-3-1)43-46-44(48-45(47-43)36-23-16-28-8-4-5-11-34(28)26-36)33-20-14-29(15-21-33)35-22-18-30-17-19-31-24-25-40-42(41(31)38(30)27-35)37-12-6-7-13-39(37)49-40/h2*3-27H,1-2H3;1-27H. The molecule has 2 aliphatic rings. The number of rotatable bonds is 10. The SMILES string of the molecule is CC1(C)c2ccccc2-c2c1ccc1ccc3cc(-c4nc(-c5ccc6ccccc6c5)nc(-c5ccc6ccccc6c5)n4)ccc3c21.CC1(C)c2ccccc2-c2c1ccc1ccc3ccc(-c4nc(-c5ccc6ccccc6c5)nc(-c5ccc6ccccc6c5)n4)cc3c21.c1ccc(-c2nc(-c3ccc(-c4ccc5ccc6ccc7oc8ccccc8c7c6c5c4)cc3)nc(-c3ccc4ccccc4c3)n2)cc1. The first-order valence-corrected chi connectivity index (χ1v) is 50.2. The van der Waals surface area contributed by atoms with Gasteiger partial charge in [-0.15, -0.1) is 0 Å². The van der Waals surface area contributed by atoms with Crippen LogP contribution in [-0.4, -0.2) is 44.9 Å². The highest BCUT2D eigenvalue weighted by atomic mass is 16.3. The van der Waals surface area contributed by atoms with Crippen LogP contribution in [0.4, 0.5) is 0 Å². The normalized spacial score (nSPS) is 12.7. The molecule has 0 unspecified atom stereocenters. The largest absolute Gasteiger partial charge is 0.456 e. The topological polar surface area (TPSA) is 129 Å². The van der Waals surface area contributed by atoms with Gasteiger partial charge in [-0.3, -0.25) is 0 Å². The van der Waals surface area contributed by atoms with Gasteiger partial charge in [0.2, 0.25) is 0 Å². The minimum atomic E-state index is -0.0718. The second kappa shape index (κ2) is 34.4. The Morgan fingerprint density at radius 2 is 0.422 bits per heavy atom. The van der Waals surface area contributed by atoms with Crippen molar-refractivity contribution in [1.82, 2.24) is 44.9 Å². The van der Waals surface area contributed by atoms with Crippen LogP contribution in [0.25, 0.3) is 276 Å². The van der Waals surface area contributed by atoms with E-state index in [0.717, 1.165) is 110 Å². The molecule has 4 heterocycles. The van der Waals surface area contributed by atoms with Gasteiger partial charge in [0.25, 0.3) is 0 Å². The Hall–Kier alpha value is -19.0. The molecule has 10 nitrogen and oxygen atoms in total. The lowest BCUT2D eigenvalue weighted by molar-refractivity contribution is 0.660. The van der Waals surface area contributed by atoms with Crippen LogP contribution in [0.5, 0.6) is 0 Å². The predicted octanol–water partition coefficient (Wildman–Crippen LogP) is 35.5. The molecular formula is C137H89N9O. The molecule has 10 heteroatoms. The lowest BCUT2D eigenvalue weighted by Gasteiger charge is -2.21. The van der Waals surface area contributed by atoms with E-state index in [1.807, 2.05) is 42.5 Å². The smallest absolute Gasteiger partial charge is 0.164 e. The molecule has 4 aromatic heterocycles. The fourth-order valence-electron chi connectivity index (χ4n) is 22.8. The number of benzene rings is 24. The van der Waals surface area contributed by atoms with E-state index in [-0.39, 0.29) is 10.8 Å². The van der Waals surface area contributed by atoms with Crippen molar-refractivity contribution in [2.24, 2.45) is 0 Å². The molecule has 688 valence electrons. The van der Waals surface area contributed by atoms with Gasteiger partial charge in [0.05, 0.1) is 0 Å². The van der Waals surface area contributed by atoms with Gasteiger partial charge in [-0.2, -0.15) is 0 Å². The van der Waals surface area contributed by atoms with Crippen molar-refractivity contribution in [3.05, 3.63) is 489 Å². The molecule has 0 N–H and O–H groups in total. The number of nitrogens with zero attached hydrogens (tertiary/aromatic N) is 9. The highest BCUT2D eigenvalue weighted by Crippen LogP contribution is 2.55. The van der Waals surface area contributed by atoms with Gasteiger partial charge in [-0.1, -0.05) is 434 Å². The van der Waals surface area contributed by atoms with Gasteiger partial charge < -0.3 is 4.42 Å². The Morgan fingerprint density at radius 1 is 0.150 bits per heavy atom. The number of aromatic nitrogens is 9. The summed E-state index contributed by atoms with van der Waals surface area (Å²) in [4.78, 5) is 45.6. The third-order valence-corrected chi connectivity index (χ3v) is 30.4. The number of para-hydroxylation sites is 1. The van der Waals surface area contributed by atoms with Crippen LogP contribution in [0.1, 0.15) is 49.9 Å². The first-order chi connectivity index (χ1) is 72.3. The molecule has 0 saturated carbocycles. The van der Waals surface area contributed by atoms with Gasteiger partial charge in [0, 0.05) is 77.1 Å². The maximum atomic E-state index is 6.26. The van der Waals surface area contributed by atoms with Crippen molar-refractivity contribution >= 4 is 140 Å². The predicted molar refractivity (Wildman–Crippen MR) is 609 cm³/mol. The van der Waals surface area contributed by atoms with Gasteiger partial charge in [0.1, 0.15) is 11.2 Å².